The third-order valence-corrected chi connectivity index (χ3v) is 12.2. The molecule has 8 heteroatoms. The van der Waals surface area contributed by atoms with Crippen molar-refractivity contribution in [1.29, 1.82) is 0 Å². The zero-order valence-electron chi connectivity index (χ0n) is 25.1. The summed E-state index contributed by atoms with van der Waals surface area (Å²) in [5, 5.41) is 44.1. The number of rotatable bonds is 6. The van der Waals surface area contributed by atoms with Gasteiger partial charge in [0.05, 0.1) is 35.1 Å². The number of carbonyl (C=O) groups is 1. The molecule has 1 unspecified atom stereocenters. The minimum Gasteiger partial charge on any atom is -0.405 e. The fraction of sp³-hybridized carbons (Fsp3) is 0.903. The Morgan fingerprint density at radius 1 is 1.13 bits per heavy atom. The fourth-order valence-electron chi connectivity index (χ4n) is 9.53. The summed E-state index contributed by atoms with van der Waals surface area (Å²) < 4.78 is 13.4. The highest BCUT2D eigenvalue weighted by Crippen LogP contribution is 2.69. The summed E-state index contributed by atoms with van der Waals surface area (Å²) in [6.07, 6.45) is 5.54. The number of hydrogen-bond donors (Lipinski definition) is 4. The molecule has 0 amide bonds. The van der Waals surface area contributed by atoms with Gasteiger partial charge in [-0.2, -0.15) is 0 Å². The van der Waals surface area contributed by atoms with Gasteiger partial charge < -0.3 is 29.7 Å². The number of aliphatic hydroxyl groups is 4. The van der Waals surface area contributed by atoms with Crippen LogP contribution in [0.2, 0.25) is 5.82 Å². The Balaban J connectivity index is 1.50. The van der Waals surface area contributed by atoms with Crippen LogP contribution in [0.4, 0.5) is 0 Å². The quantitative estimate of drug-likeness (QED) is 0.369. The molecule has 220 valence electrons. The first kappa shape index (κ1) is 29.7. The van der Waals surface area contributed by atoms with Crippen LogP contribution in [0.3, 0.4) is 0 Å². The lowest BCUT2D eigenvalue weighted by Crippen LogP contribution is -2.62. The molecule has 11 atom stereocenters. The van der Waals surface area contributed by atoms with Crippen LogP contribution in [0, 0.1) is 28.6 Å². The molecular weight excluding hydrogens is 495 g/mol. The maximum Gasteiger partial charge on any atom is 0.460 e. The summed E-state index contributed by atoms with van der Waals surface area (Å²) >= 11 is 0. The van der Waals surface area contributed by atoms with Crippen LogP contribution >= 0.6 is 0 Å². The lowest BCUT2D eigenvalue weighted by molar-refractivity contribution is -0.160. The summed E-state index contributed by atoms with van der Waals surface area (Å²) in [4.78, 5) is 13.5. The predicted molar refractivity (Wildman–Crippen MR) is 150 cm³/mol. The van der Waals surface area contributed by atoms with Gasteiger partial charge in [-0.25, -0.2) is 0 Å². The molecule has 0 aromatic carbocycles. The first-order chi connectivity index (χ1) is 18.0. The maximum absolute atomic E-state index is 13.5. The Labute approximate surface area is 234 Å². The molecule has 4 fully saturated rings. The van der Waals surface area contributed by atoms with E-state index in [0.717, 1.165) is 31.3 Å². The standard InChI is InChI=1S/C31H51BO7/c1-8-18(2)32-38-26(11-12-27(3,4)36)30(7,39-32)25-10-14-31(37)20-15-22(33)21-16-23(34)24(35)17-28(21,5)19(20)9-13-29(25,31)6/h15,18-19,21,23-26,34-37H,8-14,16-17H2,1-7H3/t18?,19-,21-,23+,24-,25-,26+,28+,29+,30+,31+/m0/s1. The molecule has 0 aromatic heterocycles. The van der Waals surface area contributed by atoms with E-state index in [-0.39, 0.29) is 49.0 Å². The Morgan fingerprint density at radius 3 is 2.46 bits per heavy atom. The molecule has 3 saturated carbocycles. The minimum atomic E-state index is -1.15. The highest BCUT2D eigenvalue weighted by molar-refractivity contribution is 6.47. The van der Waals surface area contributed by atoms with Crippen molar-refractivity contribution >= 4 is 12.9 Å². The normalized spacial score (nSPS) is 48.8. The highest BCUT2D eigenvalue weighted by Gasteiger charge is 2.71. The van der Waals surface area contributed by atoms with E-state index in [1.54, 1.807) is 6.08 Å². The molecule has 0 spiro atoms. The van der Waals surface area contributed by atoms with Crippen molar-refractivity contribution in [2.24, 2.45) is 28.6 Å². The van der Waals surface area contributed by atoms with Crippen LogP contribution in [0.25, 0.3) is 0 Å². The molecule has 39 heavy (non-hydrogen) atoms. The molecule has 0 radical (unpaired) electrons. The summed E-state index contributed by atoms with van der Waals surface area (Å²) in [6, 6.07) is 0. The molecule has 4 N–H and O–H groups in total. The molecule has 1 saturated heterocycles. The van der Waals surface area contributed by atoms with Crippen molar-refractivity contribution in [3.05, 3.63) is 11.6 Å². The van der Waals surface area contributed by atoms with Crippen molar-refractivity contribution in [2.75, 3.05) is 0 Å². The topological polar surface area (TPSA) is 116 Å². The largest absolute Gasteiger partial charge is 0.460 e. The van der Waals surface area contributed by atoms with Crippen molar-refractivity contribution in [3.63, 3.8) is 0 Å². The summed E-state index contributed by atoms with van der Waals surface area (Å²) in [6.45, 7) is 14.3. The second kappa shape index (κ2) is 9.63. The van der Waals surface area contributed by atoms with Crippen molar-refractivity contribution < 1.29 is 34.5 Å². The highest BCUT2D eigenvalue weighted by atomic mass is 16.7. The van der Waals surface area contributed by atoms with Crippen molar-refractivity contribution in [3.8, 4) is 0 Å². The van der Waals surface area contributed by atoms with Gasteiger partial charge in [0.15, 0.2) is 5.78 Å². The lowest BCUT2D eigenvalue weighted by atomic mass is 9.45. The second-order valence-corrected chi connectivity index (χ2v) is 15.1. The summed E-state index contributed by atoms with van der Waals surface area (Å²) in [7, 11) is -0.328. The van der Waals surface area contributed by atoms with E-state index in [4.69, 9.17) is 9.31 Å². The molecule has 4 aliphatic carbocycles. The average molecular weight is 547 g/mol. The Bertz CT molecular complexity index is 1010. The Kier molecular flexibility index (Phi) is 7.34. The van der Waals surface area contributed by atoms with Gasteiger partial charge in [0, 0.05) is 11.3 Å². The average Bonchev–Trinajstić information content (AvgIpc) is 3.33. The Hall–Kier alpha value is -0.765. The molecular formula is C31H51BO7. The zero-order valence-corrected chi connectivity index (χ0v) is 25.1. The van der Waals surface area contributed by atoms with E-state index in [1.165, 1.54) is 0 Å². The lowest BCUT2D eigenvalue weighted by Gasteiger charge is -2.61. The van der Waals surface area contributed by atoms with Crippen LogP contribution in [0.1, 0.15) is 106 Å². The van der Waals surface area contributed by atoms with Crippen LogP contribution in [0.5, 0.6) is 0 Å². The van der Waals surface area contributed by atoms with Gasteiger partial charge in [-0.15, -0.1) is 0 Å². The number of hydrogen-bond acceptors (Lipinski definition) is 7. The number of aliphatic hydroxyl groups excluding tert-OH is 2. The maximum atomic E-state index is 13.5. The molecule has 5 rings (SSSR count). The Morgan fingerprint density at radius 2 is 1.82 bits per heavy atom. The first-order valence-corrected chi connectivity index (χ1v) is 15.4. The summed E-state index contributed by atoms with van der Waals surface area (Å²) in [5.41, 5.74) is -2.76. The van der Waals surface area contributed by atoms with E-state index in [0.29, 0.717) is 25.7 Å². The SMILES string of the molecule is CCC(C)B1O[C@H](CCC(C)(C)O)[C@@](C)([C@H]2CC[C@@]3(O)C4=CC(=O)[C@@H]5C[C@@H](O)[C@@H](O)C[C@]5(C)[C@H]4CC[C@]23C)O1. The minimum absolute atomic E-state index is 0.00780. The van der Waals surface area contributed by atoms with E-state index < -0.39 is 39.8 Å². The van der Waals surface area contributed by atoms with Crippen LogP contribution < -0.4 is 0 Å². The predicted octanol–water partition coefficient (Wildman–Crippen LogP) is 4.20. The first-order valence-electron chi connectivity index (χ1n) is 15.4. The zero-order chi connectivity index (χ0) is 28.8. The number of allylic oxidation sites excluding steroid dienone is 1. The molecule has 7 nitrogen and oxygen atoms in total. The smallest absolute Gasteiger partial charge is 0.405 e. The van der Waals surface area contributed by atoms with Gasteiger partial charge in [-0.05, 0) is 107 Å². The van der Waals surface area contributed by atoms with Gasteiger partial charge in [0.25, 0.3) is 0 Å². The van der Waals surface area contributed by atoms with Gasteiger partial charge in [0.2, 0.25) is 0 Å². The van der Waals surface area contributed by atoms with Crippen molar-refractivity contribution in [2.45, 2.75) is 147 Å². The second-order valence-electron chi connectivity index (χ2n) is 15.1. The van der Waals surface area contributed by atoms with E-state index >= 15 is 0 Å². The summed E-state index contributed by atoms with van der Waals surface area (Å²) in [5.74, 6) is -0.128. The van der Waals surface area contributed by atoms with Crippen LogP contribution in [-0.2, 0) is 14.1 Å². The number of fused-ring (bicyclic) bond motifs is 5. The van der Waals surface area contributed by atoms with Gasteiger partial charge in [0.1, 0.15) is 0 Å². The fourth-order valence-corrected chi connectivity index (χ4v) is 9.53. The van der Waals surface area contributed by atoms with Crippen LogP contribution in [-0.4, -0.2) is 68.4 Å². The number of ketones is 1. The monoisotopic (exact) mass is 546 g/mol. The third kappa shape index (κ3) is 4.42. The van der Waals surface area contributed by atoms with E-state index in [9.17, 15) is 25.2 Å². The van der Waals surface area contributed by atoms with E-state index in [1.807, 2.05) is 13.8 Å². The van der Waals surface area contributed by atoms with Gasteiger partial charge >= 0.3 is 7.12 Å². The molecule has 0 aromatic rings. The van der Waals surface area contributed by atoms with Gasteiger partial charge in [-0.1, -0.05) is 34.1 Å². The third-order valence-electron chi connectivity index (χ3n) is 12.2. The van der Waals surface area contributed by atoms with E-state index in [2.05, 4.69) is 34.6 Å². The molecule has 0 bridgehead atoms. The van der Waals surface area contributed by atoms with Gasteiger partial charge in [-0.3, -0.25) is 4.79 Å². The van der Waals surface area contributed by atoms with Crippen molar-refractivity contribution in [1.82, 2.24) is 0 Å². The molecule has 5 aliphatic rings. The molecule has 1 heterocycles. The van der Waals surface area contributed by atoms with Crippen LogP contribution in [0.15, 0.2) is 11.6 Å². The molecule has 1 aliphatic heterocycles. The number of carbonyl (C=O) groups excluding carboxylic acids is 1.